The van der Waals surface area contributed by atoms with Gasteiger partial charge in [0.2, 0.25) is 0 Å². The van der Waals surface area contributed by atoms with Crippen molar-refractivity contribution in [2.24, 2.45) is 5.73 Å². The summed E-state index contributed by atoms with van der Waals surface area (Å²) in [5, 5.41) is 4.03. The van der Waals surface area contributed by atoms with Gasteiger partial charge in [-0.2, -0.15) is 0 Å². The van der Waals surface area contributed by atoms with E-state index in [0.29, 0.717) is 13.1 Å². The standard InChI is InChI=1S/C14H17N3O2/c1-9(15)6-17-7-12(16-14(17)18)11-8-19-13-5-3-2-4-10(11)13/h2-5,8-9,12H,6-7,15H2,1H3,(H,16,18). The number of nitrogens with two attached hydrogens (primary N) is 1. The van der Waals surface area contributed by atoms with Crippen molar-refractivity contribution in [3.05, 3.63) is 36.1 Å². The molecule has 1 aromatic heterocycles. The first-order chi connectivity index (χ1) is 9.15. The molecule has 2 heterocycles. The van der Waals surface area contributed by atoms with Crippen molar-refractivity contribution in [3.63, 3.8) is 0 Å². The first kappa shape index (κ1) is 12.0. The summed E-state index contributed by atoms with van der Waals surface area (Å²) in [6, 6.07) is 7.72. The van der Waals surface area contributed by atoms with Crippen molar-refractivity contribution in [3.8, 4) is 0 Å². The van der Waals surface area contributed by atoms with Crippen LogP contribution < -0.4 is 11.1 Å². The second-order valence-corrected chi connectivity index (χ2v) is 5.07. The lowest BCUT2D eigenvalue weighted by Crippen LogP contribution is -2.37. The molecule has 100 valence electrons. The normalized spacial score (nSPS) is 20.8. The molecule has 3 N–H and O–H groups in total. The molecule has 0 aliphatic carbocycles. The summed E-state index contributed by atoms with van der Waals surface area (Å²) in [6.07, 6.45) is 1.73. The average Bonchev–Trinajstić information content (AvgIpc) is 2.93. The molecule has 0 bridgehead atoms. The zero-order valence-electron chi connectivity index (χ0n) is 10.8. The second kappa shape index (κ2) is 4.59. The molecule has 1 saturated heterocycles. The number of amides is 2. The first-order valence-corrected chi connectivity index (χ1v) is 6.42. The topological polar surface area (TPSA) is 71.5 Å². The van der Waals surface area contributed by atoms with Crippen molar-refractivity contribution in [1.29, 1.82) is 0 Å². The minimum atomic E-state index is -0.0624. The van der Waals surface area contributed by atoms with Crippen molar-refractivity contribution >= 4 is 17.0 Å². The maximum atomic E-state index is 11.9. The van der Waals surface area contributed by atoms with E-state index in [1.165, 1.54) is 0 Å². The molecule has 1 aromatic carbocycles. The number of nitrogens with one attached hydrogen (secondary N) is 1. The van der Waals surface area contributed by atoms with Crippen LogP contribution in [0, 0.1) is 0 Å². The number of fused-ring (bicyclic) bond motifs is 1. The van der Waals surface area contributed by atoms with Crippen LogP contribution in [-0.4, -0.2) is 30.1 Å². The van der Waals surface area contributed by atoms with Crippen molar-refractivity contribution < 1.29 is 9.21 Å². The van der Waals surface area contributed by atoms with Crippen molar-refractivity contribution in [2.75, 3.05) is 13.1 Å². The van der Waals surface area contributed by atoms with Crippen LogP contribution in [0.5, 0.6) is 0 Å². The number of furan rings is 1. The Morgan fingerprint density at radius 1 is 1.53 bits per heavy atom. The minimum absolute atomic E-state index is 0.0226. The Morgan fingerprint density at radius 2 is 2.32 bits per heavy atom. The van der Waals surface area contributed by atoms with Gasteiger partial charge in [-0.15, -0.1) is 0 Å². The fourth-order valence-corrected chi connectivity index (χ4v) is 2.54. The number of hydrogen-bond donors (Lipinski definition) is 2. The van der Waals surface area contributed by atoms with Gasteiger partial charge < -0.3 is 20.4 Å². The molecule has 2 aromatic rings. The lowest BCUT2D eigenvalue weighted by Gasteiger charge is -2.16. The Bertz CT molecular complexity index is 606. The van der Waals surface area contributed by atoms with Crippen LogP contribution >= 0.6 is 0 Å². The quantitative estimate of drug-likeness (QED) is 0.883. The molecule has 1 aliphatic rings. The first-order valence-electron chi connectivity index (χ1n) is 6.42. The second-order valence-electron chi connectivity index (χ2n) is 5.07. The van der Waals surface area contributed by atoms with Crippen LogP contribution in [0.3, 0.4) is 0 Å². The number of hydrogen-bond acceptors (Lipinski definition) is 3. The number of carbonyl (C=O) groups is 1. The van der Waals surface area contributed by atoms with Gasteiger partial charge in [-0.3, -0.25) is 0 Å². The Morgan fingerprint density at radius 3 is 3.11 bits per heavy atom. The predicted octanol–water partition coefficient (Wildman–Crippen LogP) is 1.85. The van der Waals surface area contributed by atoms with E-state index in [9.17, 15) is 4.79 Å². The lowest BCUT2D eigenvalue weighted by molar-refractivity contribution is 0.215. The summed E-state index contributed by atoms with van der Waals surface area (Å²) in [6.45, 7) is 3.09. The van der Waals surface area contributed by atoms with Gasteiger partial charge in [-0.05, 0) is 13.0 Å². The van der Waals surface area contributed by atoms with Crippen LogP contribution in [-0.2, 0) is 0 Å². The summed E-state index contributed by atoms with van der Waals surface area (Å²) in [5.41, 5.74) is 7.62. The van der Waals surface area contributed by atoms with E-state index in [1.54, 1.807) is 11.2 Å². The maximum Gasteiger partial charge on any atom is 0.318 e. The Kier molecular flexibility index (Phi) is 2.91. The van der Waals surface area contributed by atoms with E-state index in [-0.39, 0.29) is 18.1 Å². The number of nitrogens with zero attached hydrogens (tertiary/aromatic N) is 1. The van der Waals surface area contributed by atoms with E-state index in [4.69, 9.17) is 10.2 Å². The third-order valence-corrected chi connectivity index (χ3v) is 3.38. The number of carbonyl (C=O) groups excluding carboxylic acids is 1. The van der Waals surface area contributed by atoms with Crippen molar-refractivity contribution in [2.45, 2.75) is 19.0 Å². The SMILES string of the molecule is CC(N)CN1CC(c2coc3ccccc23)NC1=O. The number of urea groups is 1. The minimum Gasteiger partial charge on any atom is -0.464 e. The van der Waals surface area contributed by atoms with E-state index in [0.717, 1.165) is 16.5 Å². The van der Waals surface area contributed by atoms with Gasteiger partial charge in [0.15, 0.2) is 0 Å². The summed E-state index contributed by atoms with van der Waals surface area (Å²) in [5.74, 6) is 0. The molecule has 0 spiro atoms. The number of benzene rings is 1. The van der Waals surface area contributed by atoms with Gasteiger partial charge in [0.25, 0.3) is 0 Å². The molecule has 0 radical (unpaired) electrons. The van der Waals surface area contributed by atoms with Crippen molar-refractivity contribution in [1.82, 2.24) is 10.2 Å². The number of para-hydroxylation sites is 1. The molecule has 5 nitrogen and oxygen atoms in total. The average molecular weight is 259 g/mol. The zero-order valence-corrected chi connectivity index (χ0v) is 10.8. The van der Waals surface area contributed by atoms with Crippen LogP contribution in [0.15, 0.2) is 34.9 Å². The summed E-state index contributed by atoms with van der Waals surface area (Å²) >= 11 is 0. The molecular weight excluding hydrogens is 242 g/mol. The van der Waals surface area contributed by atoms with Gasteiger partial charge in [-0.25, -0.2) is 4.79 Å². The van der Waals surface area contributed by atoms with Gasteiger partial charge in [0, 0.05) is 30.1 Å². The fourth-order valence-electron chi connectivity index (χ4n) is 2.54. The molecule has 2 amide bonds. The third-order valence-electron chi connectivity index (χ3n) is 3.38. The highest BCUT2D eigenvalue weighted by atomic mass is 16.3. The smallest absolute Gasteiger partial charge is 0.318 e. The van der Waals surface area contributed by atoms with Crippen LogP contribution in [0.1, 0.15) is 18.5 Å². The Hall–Kier alpha value is -2.01. The highest BCUT2D eigenvalue weighted by molar-refractivity contribution is 5.84. The van der Waals surface area contributed by atoms with E-state index in [2.05, 4.69) is 5.32 Å². The van der Waals surface area contributed by atoms with Gasteiger partial charge in [0.1, 0.15) is 5.58 Å². The van der Waals surface area contributed by atoms with E-state index < -0.39 is 0 Å². The molecule has 2 atom stereocenters. The molecular formula is C14H17N3O2. The Balaban J connectivity index is 1.86. The maximum absolute atomic E-state index is 11.9. The molecule has 2 unspecified atom stereocenters. The molecule has 0 saturated carbocycles. The lowest BCUT2D eigenvalue weighted by atomic mass is 10.1. The van der Waals surface area contributed by atoms with Crippen LogP contribution in [0.25, 0.3) is 11.0 Å². The van der Waals surface area contributed by atoms with E-state index >= 15 is 0 Å². The van der Waals surface area contributed by atoms with Crippen LogP contribution in [0.2, 0.25) is 0 Å². The number of rotatable bonds is 3. The van der Waals surface area contributed by atoms with Gasteiger partial charge in [0.05, 0.1) is 12.3 Å². The highest BCUT2D eigenvalue weighted by Crippen LogP contribution is 2.29. The van der Waals surface area contributed by atoms with E-state index in [1.807, 2.05) is 31.2 Å². The summed E-state index contributed by atoms with van der Waals surface area (Å²) in [7, 11) is 0. The molecule has 5 heteroatoms. The highest BCUT2D eigenvalue weighted by Gasteiger charge is 2.31. The molecule has 1 fully saturated rings. The van der Waals surface area contributed by atoms with Crippen LogP contribution in [0.4, 0.5) is 4.79 Å². The molecule has 1 aliphatic heterocycles. The predicted molar refractivity (Wildman–Crippen MR) is 72.7 cm³/mol. The zero-order chi connectivity index (χ0) is 13.4. The van der Waals surface area contributed by atoms with Gasteiger partial charge >= 0.3 is 6.03 Å². The monoisotopic (exact) mass is 259 g/mol. The summed E-state index contributed by atoms with van der Waals surface area (Å²) in [4.78, 5) is 13.6. The molecule has 19 heavy (non-hydrogen) atoms. The molecule has 3 rings (SSSR count). The van der Waals surface area contributed by atoms with Gasteiger partial charge in [-0.1, -0.05) is 18.2 Å². The largest absolute Gasteiger partial charge is 0.464 e. The fraction of sp³-hybridized carbons (Fsp3) is 0.357. The Labute approximate surface area is 111 Å². The summed E-state index contributed by atoms with van der Waals surface area (Å²) < 4.78 is 5.52. The third kappa shape index (κ3) is 2.17.